The van der Waals surface area contributed by atoms with E-state index in [1.165, 1.54) is 12.1 Å². The van der Waals surface area contributed by atoms with Gasteiger partial charge >= 0.3 is 5.97 Å². The fraction of sp³-hybridized carbons (Fsp3) is 0.286. The van der Waals surface area contributed by atoms with Crippen molar-refractivity contribution in [3.8, 4) is 0 Å². The monoisotopic (exact) mass is 420 g/mol. The largest absolute Gasteiger partial charge is 0.463 e. The van der Waals surface area contributed by atoms with Crippen molar-refractivity contribution >= 4 is 29.4 Å². The van der Waals surface area contributed by atoms with Gasteiger partial charge in [0, 0.05) is 10.6 Å². The number of benzene rings is 2. The SMILES string of the molecule is CC(C)OC(=O)C[C@@H](NC(=O)CNC(=O)c1ccc(F)cc1)c1ccccc1Cl. The Bertz CT molecular complexity index is 871. The Labute approximate surface area is 173 Å². The maximum Gasteiger partial charge on any atom is 0.308 e. The Hall–Kier alpha value is -2.93. The molecule has 2 amide bonds. The molecule has 0 spiro atoms. The number of nitrogens with one attached hydrogen (secondary N) is 2. The molecule has 2 aromatic carbocycles. The number of hydrogen-bond acceptors (Lipinski definition) is 4. The van der Waals surface area contributed by atoms with Crippen LogP contribution in [0.15, 0.2) is 48.5 Å². The molecule has 0 saturated heterocycles. The lowest BCUT2D eigenvalue weighted by Gasteiger charge is -2.20. The van der Waals surface area contributed by atoms with Crippen LogP contribution in [0.1, 0.15) is 42.2 Å². The van der Waals surface area contributed by atoms with E-state index < -0.39 is 29.6 Å². The van der Waals surface area contributed by atoms with Gasteiger partial charge in [-0.3, -0.25) is 14.4 Å². The summed E-state index contributed by atoms with van der Waals surface area (Å²) in [7, 11) is 0. The van der Waals surface area contributed by atoms with Gasteiger partial charge in [0.25, 0.3) is 5.91 Å². The van der Waals surface area contributed by atoms with E-state index in [9.17, 15) is 18.8 Å². The zero-order chi connectivity index (χ0) is 21.4. The van der Waals surface area contributed by atoms with Gasteiger partial charge in [-0.05, 0) is 49.7 Å². The molecule has 29 heavy (non-hydrogen) atoms. The van der Waals surface area contributed by atoms with Crippen molar-refractivity contribution in [2.45, 2.75) is 32.4 Å². The van der Waals surface area contributed by atoms with Crippen LogP contribution in [-0.4, -0.2) is 30.4 Å². The van der Waals surface area contributed by atoms with Crippen LogP contribution in [0.5, 0.6) is 0 Å². The maximum absolute atomic E-state index is 12.9. The molecule has 0 aromatic heterocycles. The van der Waals surface area contributed by atoms with Gasteiger partial charge in [-0.25, -0.2) is 4.39 Å². The molecular weight excluding hydrogens is 399 g/mol. The van der Waals surface area contributed by atoms with Gasteiger partial charge < -0.3 is 15.4 Å². The van der Waals surface area contributed by atoms with Crippen molar-refractivity contribution in [2.75, 3.05) is 6.54 Å². The average Bonchev–Trinajstić information content (AvgIpc) is 2.66. The summed E-state index contributed by atoms with van der Waals surface area (Å²) in [6.45, 7) is 3.13. The summed E-state index contributed by atoms with van der Waals surface area (Å²) >= 11 is 6.21. The number of esters is 1. The maximum atomic E-state index is 12.9. The van der Waals surface area contributed by atoms with E-state index >= 15 is 0 Å². The highest BCUT2D eigenvalue weighted by Gasteiger charge is 2.22. The first kappa shape index (κ1) is 22.4. The molecule has 6 nitrogen and oxygen atoms in total. The van der Waals surface area contributed by atoms with Crippen molar-refractivity contribution < 1.29 is 23.5 Å². The zero-order valence-corrected chi connectivity index (χ0v) is 16.8. The van der Waals surface area contributed by atoms with Crippen LogP contribution in [0.3, 0.4) is 0 Å². The first-order chi connectivity index (χ1) is 13.8. The quantitative estimate of drug-likeness (QED) is 0.641. The van der Waals surface area contributed by atoms with E-state index in [1.54, 1.807) is 38.1 Å². The van der Waals surface area contributed by atoms with Crippen molar-refractivity contribution in [3.63, 3.8) is 0 Å². The molecule has 2 aromatic rings. The Morgan fingerprint density at radius 3 is 2.34 bits per heavy atom. The highest BCUT2D eigenvalue weighted by molar-refractivity contribution is 6.31. The molecule has 0 bridgehead atoms. The third-order valence-corrected chi connectivity index (χ3v) is 4.21. The van der Waals surface area contributed by atoms with Crippen LogP contribution in [-0.2, 0) is 14.3 Å². The Morgan fingerprint density at radius 2 is 1.72 bits per heavy atom. The van der Waals surface area contributed by atoms with Crippen molar-refractivity contribution in [3.05, 3.63) is 70.5 Å². The van der Waals surface area contributed by atoms with Gasteiger partial charge in [0.05, 0.1) is 25.1 Å². The molecule has 2 N–H and O–H groups in total. The van der Waals surface area contributed by atoms with Crippen LogP contribution >= 0.6 is 11.6 Å². The molecule has 1 atom stereocenters. The third-order valence-electron chi connectivity index (χ3n) is 3.87. The Kier molecular flexibility index (Phi) is 8.15. The number of rotatable bonds is 8. The predicted octanol–water partition coefficient (Wildman–Crippen LogP) is 3.41. The summed E-state index contributed by atoms with van der Waals surface area (Å²) < 4.78 is 18.1. The lowest BCUT2D eigenvalue weighted by Crippen LogP contribution is -2.39. The van der Waals surface area contributed by atoms with Crippen LogP contribution in [0.25, 0.3) is 0 Å². The predicted molar refractivity (Wildman–Crippen MR) is 107 cm³/mol. The lowest BCUT2D eigenvalue weighted by atomic mass is 10.0. The average molecular weight is 421 g/mol. The zero-order valence-electron chi connectivity index (χ0n) is 16.1. The molecule has 0 fully saturated rings. The van der Waals surface area contributed by atoms with Crippen LogP contribution < -0.4 is 10.6 Å². The number of amides is 2. The van der Waals surface area contributed by atoms with Gasteiger partial charge in [0.2, 0.25) is 5.91 Å². The minimum atomic E-state index is -0.717. The van der Waals surface area contributed by atoms with Gasteiger partial charge in [-0.15, -0.1) is 0 Å². The van der Waals surface area contributed by atoms with Gasteiger partial charge in [-0.1, -0.05) is 29.8 Å². The molecule has 0 saturated carbocycles. The summed E-state index contributed by atoms with van der Waals surface area (Å²) in [5, 5.41) is 5.54. The number of carbonyl (C=O) groups is 3. The second-order valence-electron chi connectivity index (χ2n) is 6.57. The normalized spacial score (nSPS) is 11.6. The van der Waals surface area contributed by atoms with E-state index in [-0.39, 0.29) is 24.6 Å². The molecule has 0 unspecified atom stereocenters. The molecule has 154 valence electrons. The lowest BCUT2D eigenvalue weighted by molar-refractivity contribution is -0.148. The van der Waals surface area contributed by atoms with E-state index in [2.05, 4.69) is 10.6 Å². The molecular formula is C21H22ClFN2O4. The highest BCUT2D eigenvalue weighted by Crippen LogP contribution is 2.25. The van der Waals surface area contributed by atoms with E-state index in [0.29, 0.717) is 10.6 Å². The first-order valence-electron chi connectivity index (χ1n) is 9.03. The van der Waals surface area contributed by atoms with Crippen molar-refractivity contribution in [2.24, 2.45) is 0 Å². The van der Waals surface area contributed by atoms with Crippen LogP contribution in [0.4, 0.5) is 4.39 Å². The van der Waals surface area contributed by atoms with Crippen molar-refractivity contribution in [1.82, 2.24) is 10.6 Å². The second kappa shape index (κ2) is 10.6. The minimum absolute atomic E-state index is 0.112. The fourth-order valence-corrected chi connectivity index (χ4v) is 2.85. The summed E-state index contributed by atoms with van der Waals surface area (Å²) in [6.07, 6.45) is -0.403. The number of halogens is 2. The Balaban J connectivity index is 2.02. The first-order valence-corrected chi connectivity index (χ1v) is 9.41. The van der Waals surface area contributed by atoms with E-state index in [1.807, 2.05) is 0 Å². The van der Waals surface area contributed by atoms with Crippen LogP contribution in [0, 0.1) is 5.82 Å². The topological polar surface area (TPSA) is 84.5 Å². The second-order valence-corrected chi connectivity index (χ2v) is 6.98. The summed E-state index contributed by atoms with van der Waals surface area (Å²) in [4.78, 5) is 36.5. The van der Waals surface area contributed by atoms with Crippen molar-refractivity contribution in [1.29, 1.82) is 0 Å². The van der Waals surface area contributed by atoms with Gasteiger partial charge in [0.1, 0.15) is 5.82 Å². The number of ether oxygens (including phenoxy) is 1. The molecule has 0 heterocycles. The van der Waals surface area contributed by atoms with E-state index in [0.717, 1.165) is 12.1 Å². The molecule has 8 heteroatoms. The molecule has 0 radical (unpaired) electrons. The smallest absolute Gasteiger partial charge is 0.308 e. The molecule has 0 aliphatic heterocycles. The van der Waals surface area contributed by atoms with Gasteiger partial charge in [-0.2, -0.15) is 0 Å². The summed E-state index contributed by atoms with van der Waals surface area (Å²) in [5.41, 5.74) is 0.787. The van der Waals surface area contributed by atoms with Crippen LogP contribution in [0.2, 0.25) is 5.02 Å². The van der Waals surface area contributed by atoms with E-state index in [4.69, 9.17) is 16.3 Å². The standard InChI is InChI=1S/C21H22ClFN2O4/c1-13(2)29-20(27)11-18(16-5-3-4-6-17(16)22)25-19(26)12-24-21(28)14-7-9-15(23)10-8-14/h3-10,13,18H,11-12H2,1-2H3,(H,24,28)(H,25,26)/t18-/m1/s1. The molecule has 0 aliphatic rings. The van der Waals surface area contributed by atoms with Gasteiger partial charge in [0.15, 0.2) is 0 Å². The molecule has 2 rings (SSSR count). The Morgan fingerprint density at radius 1 is 1.07 bits per heavy atom. The summed E-state index contributed by atoms with van der Waals surface area (Å²) in [6, 6.07) is 11.1. The number of carbonyl (C=O) groups excluding carboxylic acids is 3. The minimum Gasteiger partial charge on any atom is -0.463 e. The highest BCUT2D eigenvalue weighted by atomic mass is 35.5. The summed E-state index contributed by atoms with van der Waals surface area (Å²) in [5.74, 6) is -1.98. The third kappa shape index (κ3) is 7.19. The fourth-order valence-electron chi connectivity index (χ4n) is 2.58. The number of hydrogen-bond donors (Lipinski definition) is 2. The molecule has 0 aliphatic carbocycles.